The molecule has 18 heavy (non-hydrogen) atoms. The van der Waals surface area contributed by atoms with E-state index >= 15 is 0 Å². The summed E-state index contributed by atoms with van der Waals surface area (Å²) in [5.41, 5.74) is 0. The molecule has 1 amide bonds. The van der Waals surface area contributed by atoms with Gasteiger partial charge in [0.25, 0.3) is 5.91 Å². The molecule has 0 atom stereocenters. The average Bonchev–Trinajstić information content (AvgIpc) is 2.96. The van der Waals surface area contributed by atoms with Crippen LogP contribution >= 0.6 is 23.1 Å². The normalized spacial score (nSPS) is 14.8. The van der Waals surface area contributed by atoms with Crippen molar-refractivity contribution in [3.63, 3.8) is 0 Å². The number of aliphatic imine (C=N–C) groups is 1. The number of carbonyl (C=O) groups is 1. The first-order valence-corrected chi connectivity index (χ1v) is 7.20. The Morgan fingerprint density at radius 1 is 1.39 bits per heavy atom. The third-order valence-electron chi connectivity index (χ3n) is 2.51. The van der Waals surface area contributed by atoms with E-state index in [1.165, 1.54) is 35.2 Å². The Balaban J connectivity index is 1.87. The Morgan fingerprint density at radius 3 is 3.06 bits per heavy atom. The molecule has 0 unspecified atom stereocenters. The van der Waals surface area contributed by atoms with E-state index in [4.69, 9.17) is 0 Å². The van der Waals surface area contributed by atoms with Gasteiger partial charge in [0.1, 0.15) is 5.82 Å². The smallest absolute Gasteiger partial charge is 0.267 e. The molecule has 2 aromatic rings. The fourth-order valence-electron chi connectivity index (χ4n) is 1.69. The maximum atomic E-state index is 13.1. The molecule has 0 radical (unpaired) electrons. The lowest BCUT2D eigenvalue weighted by Crippen LogP contribution is -2.26. The third-order valence-corrected chi connectivity index (χ3v) is 4.50. The molecule has 3 rings (SSSR count). The van der Waals surface area contributed by atoms with Gasteiger partial charge in [-0.05, 0) is 23.6 Å². The summed E-state index contributed by atoms with van der Waals surface area (Å²) in [5, 5.41) is 4.31. The van der Waals surface area contributed by atoms with Gasteiger partial charge in [0.2, 0.25) is 0 Å². The van der Waals surface area contributed by atoms with E-state index in [1.54, 1.807) is 12.1 Å². The Hall–Kier alpha value is -1.40. The summed E-state index contributed by atoms with van der Waals surface area (Å²) in [6.45, 7) is 0.748. The van der Waals surface area contributed by atoms with Crippen molar-refractivity contribution in [3.05, 3.63) is 35.0 Å². The number of fused-ring (bicyclic) bond motifs is 1. The number of halogens is 1. The Kier molecular flexibility index (Phi) is 3.05. The molecule has 0 fully saturated rings. The molecule has 1 N–H and O–H groups in total. The monoisotopic (exact) mass is 280 g/mol. The van der Waals surface area contributed by atoms with Crippen LogP contribution in [-0.2, 0) is 0 Å². The molecule has 92 valence electrons. The Morgan fingerprint density at radius 2 is 2.28 bits per heavy atom. The van der Waals surface area contributed by atoms with E-state index in [1.807, 2.05) is 0 Å². The van der Waals surface area contributed by atoms with Crippen molar-refractivity contribution in [2.24, 2.45) is 4.99 Å². The molecule has 0 bridgehead atoms. The van der Waals surface area contributed by atoms with E-state index in [0.29, 0.717) is 10.0 Å². The predicted octanol–water partition coefficient (Wildman–Crippen LogP) is 2.87. The van der Waals surface area contributed by atoms with Crippen LogP contribution in [0.25, 0.3) is 10.1 Å². The van der Waals surface area contributed by atoms with Crippen LogP contribution in [0.3, 0.4) is 0 Å². The van der Waals surface area contributed by atoms with Gasteiger partial charge in [-0.2, -0.15) is 0 Å². The van der Waals surface area contributed by atoms with Crippen LogP contribution in [-0.4, -0.2) is 23.4 Å². The maximum Gasteiger partial charge on any atom is 0.267 e. The van der Waals surface area contributed by atoms with Crippen molar-refractivity contribution in [1.82, 2.24) is 5.32 Å². The lowest BCUT2D eigenvalue weighted by atomic mass is 10.2. The highest BCUT2D eigenvalue weighted by Crippen LogP contribution is 2.26. The fourth-order valence-corrected chi connectivity index (χ4v) is 3.39. The lowest BCUT2D eigenvalue weighted by Gasteiger charge is -2.00. The highest BCUT2D eigenvalue weighted by atomic mass is 32.2. The van der Waals surface area contributed by atoms with Crippen molar-refractivity contribution >= 4 is 44.3 Å². The number of amidine groups is 1. The average molecular weight is 280 g/mol. The van der Waals surface area contributed by atoms with Crippen LogP contribution in [0.1, 0.15) is 9.67 Å². The van der Waals surface area contributed by atoms with Crippen LogP contribution in [0.15, 0.2) is 29.3 Å². The molecular weight excluding hydrogens is 271 g/mol. The lowest BCUT2D eigenvalue weighted by molar-refractivity contribution is 0.0982. The predicted molar refractivity (Wildman–Crippen MR) is 74.0 cm³/mol. The quantitative estimate of drug-likeness (QED) is 0.872. The minimum Gasteiger partial charge on any atom is -0.301 e. The zero-order chi connectivity index (χ0) is 12.5. The molecule has 1 aromatic heterocycles. The van der Waals surface area contributed by atoms with Gasteiger partial charge < -0.3 is 5.32 Å². The van der Waals surface area contributed by atoms with Gasteiger partial charge in [-0.15, -0.1) is 11.3 Å². The van der Waals surface area contributed by atoms with Crippen molar-refractivity contribution in [2.45, 2.75) is 0 Å². The summed E-state index contributed by atoms with van der Waals surface area (Å²) in [6, 6.07) is 6.29. The van der Waals surface area contributed by atoms with Crippen molar-refractivity contribution in [2.75, 3.05) is 12.3 Å². The number of nitrogens with one attached hydrogen (secondary N) is 1. The van der Waals surface area contributed by atoms with Crippen LogP contribution in [0.2, 0.25) is 0 Å². The summed E-state index contributed by atoms with van der Waals surface area (Å²) < 4.78 is 13.8. The van der Waals surface area contributed by atoms with Crippen molar-refractivity contribution < 1.29 is 9.18 Å². The molecular formula is C12H9FN2OS2. The second-order valence-electron chi connectivity index (χ2n) is 3.78. The number of hydrogen-bond acceptors (Lipinski definition) is 4. The number of hydrogen-bond donors (Lipinski definition) is 1. The van der Waals surface area contributed by atoms with E-state index in [2.05, 4.69) is 10.3 Å². The number of rotatable bonds is 1. The molecule has 0 saturated carbocycles. The number of nitrogens with zero attached hydrogens (tertiary/aromatic N) is 1. The number of benzene rings is 1. The molecule has 1 aromatic carbocycles. The first-order valence-electron chi connectivity index (χ1n) is 5.40. The summed E-state index contributed by atoms with van der Waals surface area (Å²) >= 11 is 2.82. The van der Waals surface area contributed by atoms with Crippen LogP contribution in [0.5, 0.6) is 0 Å². The number of thioether (sulfide) groups is 1. The minimum atomic E-state index is -0.285. The van der Waals surface area contributed by atoms with Gasteiger partial charge in [-0.25, -0.2) is 4.39 Å². The molecule has 6 heteroatoms. The molecule has 0 saturated heterocycles. The van der Waals surface area contributed by atoms with Gasteiger partial charge in [-0.1, -0.05) is 17.8 Å². The Bertz CT molecular complexity index is 651. The molecule has 3 nitrogen and oxygen atoms in total. The summed E-state index contributed by atoms with van der Waals surface area (Å²) in [5.74, 6) is 0.449. The zero-order valence-corrected chi connectivity index (χ0v) is 10.9. The van der Waals surface area contributed by atoms with E-state index in [0.717, 1.165) is 22.4 Å². The number of carbonyl (C=O) groups excluding carboxylic acids is 1. The van der Waals surface area contributed by atoms with Gasteiger partial charge in [0.15, 0.2) is 5.17 Å². The van der Waals surface area contributed by atoms with Gasteiger partial charge >= 0.3 is 0 Å². The van der Waals surface area contributed by atoms with Crippen LogP contribution in [0, 0.1) is 5.82 Å². The Labute approximate surface area is 111 Å². The standard InChI is InChI=1S/C12H9FN2OS2/c13-8-2-1-7-5-10(18-9(7)6-8)11(16)15-12-14-3-4-17-12/h1-2,5-6H,3-4H2,(H,14,15,16). The number of amides is 1. The van der Waals surface area contributed by atoms with Gasteiger partial charge in [0.05, 0.1) is 11.4 Å². The highest BCUT2D eigenvalue weighted by molar-refractivity contribution is 8.14. The second-order valence-corrected chi connectivity index (χ2v) is 5.95. The highest BCUT2D eigenvalue weighted by Gasteiger charge is 2.15. The summed E-state index contributed by atoms with van der Waals surface area (Å²) in [4.78, 5) is 16.7. The van der Waals surface area contributed by atoms with Gasteiger partial charge in [0, 0.05) is 10.5 Å². The van der Waals surface area contributed by atoms with E-state index < -0.39 is 0 Å². The van der Waals surface area contributed by atoms with Gasteiger partial charge in [-0.3, -0.25) is 9.79 Å². The first kappa shape index (κ1) is 11.7. The van der Waals surface area contributed by atoms with Crippen molar-refractivity contribution in [3.8, 4) is 0 Å². The second kappa shape index (κ2) is 4.70. The maximum absolute atomic E-state index is 13.1. The third kappa shape index (κ3) is 2.26. The summed E-state index contributed by atoms with van der Waals surface area (Å²) in [7, 11) is 0. The van der Waals surface area contributed by atoms with Crippen LogP contribution in [0.4, 0.5) is 4.39 Å². The summed E-state index contributed by atoms with van der Waals surface area (Å²) in [6.07, 6.45) is 0. The topological polar surface area (TPSA) is 41.5 Å². The van der Waals surface area contributed by atoms with Crippen molar-refractivity contribution in [1.29, 1.82) is 0 Å². The largest absolute Gasteiger partial charge is 0.301 e. The molecule has 1 aliphatic rings. The van der Waals surface area contributed by atoms with E-state index in [9.17, 15) is 9.18 Å². The fraction of sp³-hybridized carbons (Fsp3) is 0.167. The SMILES string of the molecule is O=C(NC1=NCCS1)c1cc2ccc(F)cc2s1. The minimum absolute atomic E-state index is 0.176. The molecule has 2 heterocycles. The first-order chi connectivity index (χ1) is 8.72. The van der Waals surface area contributed by atoms with E-state index in [-0.39, 0.29) is 11.7 Å². The molecule has 0 aliphatic carbocycles. The zero-order valence-electron chi connectivity index (χ0n) is 9.27. The molecule has 0 spiro atoms. The number of thiophene rings is 1. The van der Waals surface area contributed by atoms with Crippen LogP contribution < -0.4 is 5.32 Å². The molecule has 1 aliphatic heterocycles.